The lowest BCUT2D eigenvalue weighted by molar-refractivity contribution is 0.253. The van der Waals surface area contributed by atoms with Gasteiger partial charge in [0.15, 0.2) is 0 Å². The quantitative estimate of drug-likeness (QED) is 0.737. The van der Waals surface area contributed by atoms with Gasteiger partial charge < -0.3 is 15.4 Å². The van der Waals surface area contributed by atoms with Gasteiger partial charge in [-0.15, -0.1) is 0 Å². The molecule has 142 valence electrons. The van der Waals surface area contributed by atoms with Gasteiger partial charge in [0.2, 0.25) is 5.88 Å². The molecule has 0 atom stereocenters. The molecule has 0 bridgehead atoms. The molecule has 0 saturated carbocycles. The number of rotatable bonds is 7. The van der Waals surface area contributed by atoms with E-state index in [9.17, 15) is 0 Å². The van der Waals surface area contributed by atoms with E-state index in [0.29, 0.717) is 12.6 Å². The Balaban J connectivity index is 0.000000273. The molecular formula is C22H28N4O. The zero-order valence-corrected chi connectivity index (χ0v) is 15.9. The first-order valence-corrected chi connectivity index (χ1v) is 9.34. The SMILES string of the molecule is CCCCCN1C=CC=CC=C1Oc1ncccn1.NCc1ccccc1. The van der Waals surface area contributed by atoms with Crippen molar-refractivity contribution in [3.05, 3.63) is 90.7 Å². The van der Waals surface area contributed by atoms with Gasteiger partial charge >= 0.3 is 6.01 Å². The van der Waals surface area contributed by atoms with E-state index in [1.807, 2.05) is 60.8 Å². The first-order valence-electron chi connectivity index (χ1n) is 9.34. The second-order valence-corrected chi connectivity index (χ2v) is 5.95. The van der Waals surface area contributed by atoms with Gasteiger partial charge in [-0.1, -0.05) is 62.2 Å². The summed E-state index contributed by atoms with van der Waals surface area (Å²) in [6, 6.07) is 12.1. The molecule has 1 aliphatic heterocycles. The first kappa shape index (κ1) is 20.4. The molecule has 1 aromatic carbocycles. The van der Waals surface area contributed by atoms with E-state index in [-0.39, 0.29) is 0 Å². The molecule has 0 aliphatic carbocycles. The van der Waals surface area contributed by atoms with E-state index in [2.05, 4.69) is 21.8 Å². The fraction of sp³-hybridized carbons (Fsp3) is 0.273. The lowest BCUT2D eigenvalue weighted by atomic mass is 10.2. The monoisotopic (exact) mass is 364 g/mol. The number of unbranched alkanes of at least 4 members (excludes halogenated alkanes) is 2. The molecule has 2 aromatic rings. The molecule has 1 aliphatic rings. The van der Waals surface area contributed by atoms with Gasteiger partial charge in [0, 0.05) is 31.7 Å². The Hall–Kier alpha value is -2.92. The summed E-state index contributed by atoms with van der Waals surface area (Å²) in [6.07, 6.45) is 16.8. The highest BCUT2D eigenvalue weighted by Gasteiger charge is 2.10. The standard InChI is InChI=1S/C15H19N3O.C7H9N/c1-2-3-6-12-18-13-7-4-5-9-14(18)19-15-16-10-8-11-17-15;8-6-7-4-2-1-3-5-7/h4-5,7-11,13H,2-3,6,12H2,1H3;1-5H,6,8H2. The van der Waals surface area contributed by atoms with Crippen LogP contribution in [0.3, 0.4) is 0 Å². The number of hydrogen-bond donors (Lipinski definition) is 1. The number of ether oxygens (including phenoxy) is 1. The molecular weight excluding hydrogens is 336 g/mol. The van der Waals surface area contributed by atoms with Gasteiger partial charge in [-0.2, -0.15) is 0 Å². The fourth-order valence-corrected chi connectivity index (χ4v) is 2.38. The largest absolute Gasteiger partial charge is 0.407 e. The molecule has 27 heavy (non-hydrogen) atoms. The van der Waals surface area contributed by atoms with Crippen molar-refractivity contribution in [1.82, 2.24) is 14.9 Å². The summed E-state index contributed by atoms with van der Waals surface area (Å²) in [5.41, 5.74) is 6.54. The number of allylic oxidation sites excluding steroid dienone is 4. The second-order valence-electron chi connectivity index (χ2n) is 5.95. The van der Waals surface area contributed by atoms with Crippen LogP contribution in [0.1, 0.15) is 31.7 Å². The average Bonchev–Trinajstić information content (AvgIpc) is 2.95. The minimum atomic E-state index is 0.373. The van der Waals surface area contributed by atoms with E-state index < -0.39 is 0 Å². The highest BCUT2D eigenvalue weighted by Crippen LogP contribution is 2.14. The average molecular weight is 364 g/mol. The molecule has 2 N–H and O–H groups in total. The number of nitrogens with two attached hydrogens (primary N) is 1. The summed E-state index contributed by atoms with van der Waals surface area (Å²) in [4.78, 5) is 10.3. The Labute approximate surface area is 161 Å². The maximum Gasteiger partial charge on any atom is 0.323 e. The molecule has 0 amide bonds. The van der Waals surface area contributed by atoms with Crippen LogP contribution < -0.4 is 10.5 Å². The summed E-state index contributed by atoms with van der Waals surface area (Å²) in [7, 11) is 0. The minimum absolute atomic E-state index is 0.373. The minimum Gasteiger partial charge on any atom is -0.407 e. The van der Waals surface area contributed by atoms with Crippen LogP contribution in [0.2, 0.25) is 0 Å². The van der Waals surface area contributed by atoms with Crippen molar-refractivity contribution in [2.45, 2.75) is 32.7 Å². The van der Waals surface area contributed by atoms with Crippen molar-refractivity contribution in [2.24, 2.45) is 5.73 Å². The van der Waals surface area contributed by atoms with Crippen LogP contribution in [0, 0.1) is 0 Å². The summed E-state index contributed by atoms with van der Waals surface area (Å²) in [6.45, 7) is 3.77. The zero-order valence-electron chi connectivity index (χ0n) is 15.9. The van der Waals surface area contributed by atoms with E-state index in [0.717, 1.165) is 18.8 Å². The third-order valence-corrected chi connectivity index (χ3v) is 3.83. The molecule has 2 heterocycles. The summed E-state index contributed by atoms with van der Waals surface area (Å²) in [5, 5.41) is 0. The van der Waals surface area contributed by atoms with Gasteiger partial charge in [-0.3, -0.25) is 0 Å². The number of aromatic nitrogens is 2. The highest BCUT2D eigenvalue weighted by molar-refractivity contribution is 5.20. The number of benzene rings is 1. The maximum absolute atomic E-state index is 5.74. The topological polar surface area (TPSA) is 64.3 Å². The summed E-state index contributed by atoms with van der Waals surface area (Å²) < 4.78 is 5.74. The number of nitrogens with zero attached hydrogens (tertiary/aromatic N) is 3. The van der Waals surface area contributed by atoms with Crippen LogP contribution in [0.15, 0.2) is 85.2 Å². The predicted molar refractivity (Wildman–Crippen MR) is 110 cm³/mol. The van der Waals surface area contributed by atoms with Crippen LogP contribution in [0.25, 0.3) is 0 Å². The zero-order chi connectivity index (χ0) is 19.2. The molecule has 0 spiro atoms. The van der Waals surface area contributed by atoms with Gasteiger partial charge in [0.05, 0.1) is 0 Å². The van der Waals surface area contributed by atoms with E-state index >= 15 is 0 Å². The molecule has 5 nitrogen and oxygen atoms in total. The smallest absolute Gasteiger partial charge is 0.323 e. The predicted octanol–water partition coefficient (Wildman–Crippen LogP) is 4.42. The Morgan fingerprint density at radius 1 is 0.963 bits per heavy atom. The Morgan fingerprint density at radius 3 is 2.41 bits per heavy atom. The van der Waals surface area contributed by atoms with Crippen molar-refractivity contribution in [3.63, 3.8) is 0 Å². The fourth-order valence-electron chi connectivity index (χ4n) is 2.38. The third kappa shape index (κ3) is 7.88. The maximum atomic E-state index is 5.74. The number of hydrogen-bond acceptors (Lipinski definition) is 5. The molecule has 1 aromatic heterocycles. The molecule has 0 radical (unpaired) electrons. The summed E-state index contributed by atoms with van der Waals surface area (Å²) >= 11 is 0. The van der Waals surface area contributed by atoms with Crippen LogP contribution >= 0.6 is 0 Å². The molecule has 0 unspecified atom stereocenters. The normalized spacial score (nSPS) is 12.7. The van der Waals surface area contributed by atoms with Gasteiger partial charge in [-0.05, 0) is 30.2 Å². The van der Waals surface area contributed by atoms with Crippen LogP contribution in [0.5, 0.6) is 6.01 Å². The van der Waals surface area contributed by atoms with Crippen LogP contribution in [-0.2, 0) is 6.54 Å². The third-order valence-electron chi connectivity index (χ3n) is 3.83. The van der Waals surface area contributed by atoms with E-state index in [1.165, 1.54) is 18.4 Å². The van der Waals surface area contributed by atoms with Gasteiger partial charge in [0.25, 0.3) is 0 Å². The van der Waals surface area contributed by atoms with Gasteiger partial charge in [-0.25, -0.2) is 9.97 Å². The van der Waals surface area contributed by atoms with Crippen LogP contribution in [0.4, 0.5) is 0 Å². The molecule has 5 heteroatoms. The van der Waals surface area contributed by atoms with E-state index in [1.54, 1.807) is 18.5 Å². The van der Waals surface area contributed by atoms with Crippen molar-refractivity contribution in [3.8, 4) is 6.01 Å². The highest BCUT2D eigenvalue weighted by atomic mass is 16.5. The van der Waals surface area contributed by atoms with Gasteiger partial charge in [0.1, 0.15) is 0 Å². The van der Waals surface area contributed by atoms with E-state index in [4.69, 9.17) is 10.5 Å². The van der Waals surface area contributed by atoms with Crippen molar-refractivity contribution >= 4 is 0 Å². The second kappa shape index (κ2) is 12.4. The Kier molecular flexibility index (Phi) is 9.39. The lowest BCUT2D eigenvalue weighted by Crippen LogP contribution is -2.22. The molecule has 3 rings (SSSR count). The Bertz CT molecular complexity index is 726. The summed E-state index contributed by atoms with van der Waals surface area (Å²) in [5.74, 6) is 0.757. The van der Waals surface area contributed by atoms with Crippen molar-refractivity contribution in [1.29, 1.82) is 0 Å². The Morgan fingerprint density at radius 2 is 1.74 bits per heavy atom. The van der Waals surface area contributed by atoms with Crippen molar-refractivity contribution in [2.75, 3.05) is 6.54 Å². The lowest BCUT2D eigenvalue weighted by Gasteiger charge is -2.21. The van der Waals surface area contributed by atoms with Crippen molar-refractivity contribution < 1.29 is 4.74 Å². The molecule has 0 saturated heterocycles. The first-order chi connectivity index (χ1) is 13.3. The molecule has 0 fully saturated rings. The van der Waals surface area contributed by atoms with Crippen LogP contribution in [-0.4, -0.2) is 21.4 Å².